The second-order valence-corrected chi connectivity index (χ2v) is 4.52. The number of anilines is 1. The summed E-state index contributed by atoms with van der Waals surface area (Å²) in [6.07, 6.45) is 1.22. The fraction of sp³-hybridized carbons (Fsp3) is 0.571. The van der Waals surface area contributed by atoms with Crippen LogP contribution in [0.25, 0.3) is 0 Å². The highest BCUT2D eigenvalue weighted by molar-refractivity contribution is 5.46. The van der Waals surface area contributed by atoms with E-state index in [0.717, 1.165) is 24.5 Å². The van der Waals surface area contributed by atoms with Crippen molar-refractivity contribution in [2.45, 2.75) is 39.3 Å². The minimum absolute atomic E-state index is 0.217. The zero-order valence-corrected chi connectivity index (χ0v) is 11.2. The number of nitrogens with one attached hydrogen (secondary N) is 1. The summed E-state index contributed by atoms with van der Waals surface area (Å²) in [5, 5.41) is 3.42. The lowest BCUT2D eigenvalue weighted by atomic mass is 10.2. The van der Waals surface area contributed by atoms with Gasteiger partial charge in [-0.05, 0) is 51.5 Å². The quantitative estimate of drug-likeness (QED) is 0.789. The SMILES string of the molecule is COCCC(C)Nc1ccc(OC(C)C)cc1. The Bertz CT molecular complexity index is 309. The third kappa shape index (κ3) is 5.59. The van der Waals surface area contributed by atoms with Crippen molar-refractivity contribution in [1.29, 1.82) is 0 Å². The van der Waals surface area contributed by atoms with E-state index >= 15 is 0 Å². The van der Waals surface area contributed by atoms with E-state index in [0.29, 0.717) is 6.04 Å². The van der Waals surface area contributed by atoms with Crippen molar-refractivity contribution in [3.8, 4) is 5.75 Å². The predicted octanol–water partition coefficient (Wildman–Crippen LogP) is 3.31. The average Bonchev–Trinajstić information content (AvgIpc) is 2.28. The molecule has 0 saturated heterocycles. The Labute approximate surface area is 104 Å². The molecule has 0 spiro atoms. The zero-order valence-electron chi connectivity index (χ0n) is 11.2. The summed E-state index contributed by atoms with van der Waals surface area (Å²) in [6, 6.07) is 8.48. The first kappa shape index (κ1) is 13.8. The van der Waals surface area contributed by atoms with E-state index in [4.69, 9.17) is 9.47 Å². The topological polar surface area (TPSA) is 30.5 Å². The lowest BCUT2D eigenvalue weighted by Crippen LogP contribution is -2.17. The molecule has 1 atom stereocenters. The molecule has 0 radical (unpaired) electrons. The van der Waals surface area contributed by atoms with Crippen molar-refractivity contribution in [2.75, 3.05) is 19.0 Å². The lowest BCUT2D eigenvalue weighted by molar-refractivity contribution is 0.191. The Balaban J connectivity index is 2.44. The molecule has 1 aromatic carbocycles. The Morgan fingerprint density at radius 1 is 1.12 bits per heavy atom. The van der Waals surface area contributed by atoms with Gasteiger partial charge < -0.3 is 14.8 Å². The van der Waals surface area contributed by atoms with Gasteiger partial charge in [0.2, 0.25) is 0 Å². The fourth-order valence-corrected chi connectivity index (χ4v) is 1.55. The maximum atomic E-state index is 5.59. The molecular formula is C14H23NO2. The van der Waals surface area contributed by atoms with E-state index in [9.17, 15) is 0 Å². The monoisotopic (exact) mass is 237 g/mol. The van der Waals surface area contributed by atoms with Crippen LogP contribution >= 0.6 is 0 Å². The van der Waals surface area contributed by atoms with Gasteiger partial charge in [-0.2, -0.15) is 0 Å². The molecule has 17 heavy (non-hydrogen) atoms. The Hall–Kier alpha value is -1.22. The van der Waals surface area contributed by atoms with Gasteiger partial charge in [-0.3, -0.25) is 0 Å². The van der Waals surface area contributed by atoms with Crippen molar-refractivity contribution in [1.82, 2.24) is 0 Å². The molecule has 1 aromatic rings. The fourth-order valence-electron chi connectivity index (χ4n) is 1.55. The summed E-state index contributed by atoms with van der Waals surface area (Å²) in [7, 11) is 1.73. The van der Waals surface area contributed by atoms with Crippen LogP contribution in [0.2, 0.25) is 0 Å². The van der Waals surface area contributed by atoms with Crippen LogP contribution in [-0.2, 0) is 4.74 Å². The summed E-state index contributed by atoms with van der Waals surface area (Å²) in [5.74, 6) is 0.912. The number of hydrogen-bond donors (Lipinski definition) is 1. The summed E-state index contributed by atoms with van der Waals surface area (Å²) in [5.41, 5.74) is 1.12. The van der Waals surface area contributed by atoms with Crippen LogP contribution in [0.1, 0.15) is 27.2 Å². The van der Waals surface area contributed by atoms with E-state index in [1.807, 2.05) is 38.1 Å². The number of ether oxygens (including phenoxy) is 2. The Kier molecular flexibility index (Phi) is 5.84. The van der Waals surface area contributed by atoms with Crippen LogP contribution < -0.4 is 10.1 Å². The van der Waals surface area contributed by atoms with Gasteiger partial charge in [-0.25, -0.2) is 0 Å². The molecule has 3 heteroatoms. The number of methoxy groups -OCH3 is 1. The lowest BCUT2D eigenvalue weighted by Gasteiger charge is -2.15. The van der Waals surface area contributed by atoms with Gasteiger partial charge in [-0.15, -0.1) is 0 Å². The van der Waals surface area contributed by atoms with Crippen LogP contribution in [0.3, 0.4) is 0 Å². The first-order valence-electron chi connectivity index (χ1n) is 6.14. The van der Waals surface area contributed by atoms with Crippen LogP contribution in [0.15, 0.2) is 24.3 Å². The van der Waals surface area contributed by atoms with Gasteiger partial charge in [0.15, 0.2) is 0 Å². The van der Waals surface area contributed by atoms with Crippen molar-refractivity contribution >= 4 is 5.69 Å². The van der Waals surface area contributed by atoms with E-state index in [-0.39, 0.29) is 6.10 Å². The molecule has 0 aliphatic heterocycles. The van der Waals surface area contributed by atoms with Gasteiger partial charge in [-0.1, -0.05) is 0 Å². The predicted molar refractivity (Wildman–Crippen MR) is 71.8 cm³/mol. The third-order valence-corrected chi connectivity index (χ3v) is 2.39. The molecule has 0 aromatic heterocycles. The molecular weight excluding hydrogens is 214 g/mol. The third-order valence-electron chi connectivity index (χ3n) is 2.39. The average molecular weight is 237 g/mol. The number of benzene rings is 1. The number of hydrogen-bond acceptors (Lipinski definition) is 3. The Morgan fingerprint density at radius 3 is 2.29 bits per heavy atom. The van der Waals surface area contributed by atoms with Gasteiger partial charge in [0.1, 0.15) is 5.75 Å². The van der Waals surface area contributed by atoms with E-state index in [1.165, 1.54) is 0 Å². The molecule has 0 saturated carbocycles. The highest BCUT2D eigenvalue weighted by Gasteiger charge is 2.02. The van der Waals surface area contributed by atoms with Crippen molar-refractivity contribution in [2.24, 2.45) is 0 Å². The normalized spacial score (nSPS) is 12.5. The second-order valence-electron chi connectivity index (χ2n) is 4.52. The zero-order chi connectivity index (χ0) is 12.7. The molecule has 0 aliphatic rings. The van der Waals surface area contributed by atoms with Crippen LogP contribution in [0.5, 0.6) is 5.75 Å². The van der Waals surface area contributed by atoms with E-state index in [2.05, 4.69) is 12.2 Å². The standard InChI is InChI=1S/C14H23NO2/c1-11(2)17-14-7-5-13(6-8-14)15-12(3)9-10-16-4/h5-8,11-12,15H,9-10H2,1-4H3. The highest BCUT2D eigenvalue weighted by Crippen LogP contribution is 2.17. The first-order chi connectivity index (χ1) is 8.11. The molecule has 0 amide bonds. The minimum Gasteiger partial charge on any atom is -0.491 e. The summed E-state index contributed by atoms with van der Waals surface area (Å²) in [4.78, 5) is 0. The van der Waals surface area contributed by atoms with Crippen LogP contribution in [0.4, 0.5) is 5.69 Å². The van der Waals surface area contributed by atoms with E-state index in [1.54, 1.807) is 7.11 Å². The van der Waals surface area contributed by atoms with Crippen molar-refractivity contribution in [3.05, 3.63) is 24.3 Å². The Morgan fingerprint density at radius 2 is 1.76 bits per heavy atom. The molecule has 3 nitrogen and oxygen atoms in total. The van der Waals surface area contributed by atoms with E-state index < -0.39 is 0 Å². The first-order valence-corrected chi connectivity index (χ1v) is 6.14. The van der Waals surface area contributed by atoms with Crippen molar-refractivity contribution in [3.63, 3.8) is 0 Å². The van der Waals surface area contributed by atoms with Gasteiger partial charge in [0, 0.05) is 25.4 Å². The molecule has 1 unspecified atom stereocenters. The molecule has 0 aliphatic carbocycles. The summed E-state index contributed by atoms with van der Waals surface area (Å²) >= 11 is 0. The molecule has 96 valence electrons. The van der Waals surface area contributed by atoms with Crippen LogP contribution in [-0.4, -0.2) is 25.9 Å². The molecule has 0 heterocycles. The molecule has 1 N–H and O–H groups in total. The number of rotatable bonds is 7. The highest BCUT2D eigenvalue weighted by atomic mass is 16.5. The van der Waals surface area contributed by atoms with Gasteiger partial charge in [0.05, 0.1) is 6.10 Å². The largest absolute Gasteiger partial charge is 0.491 e. The maximum Gasteiger partial charge on any atom is 0.119 e. The maximum absolute atomic E-state index is 5.59. The summed E-state index contributed by atoms with van der Waals surface area (Å²) in [6.45, 7) is 6.98. The van der Waals surface area contributed by atoms with Crippen molar-refractivity contribution < 1.29 is 9.47 Å². The smallest absolute Gasteiger partial charge is 0.119 e. The minimum atomic E-state index is 0.217. The molecule has 1 rings (SSSR count). The summed E-state index contributed by atoms with van der Waals surface area (Å²) < 4.78 is 10.6. The van der Waals surface area contributed by atoms with Crippen LogP contribution in [0, 0.1) is 0 Å². The molecule has 0 fully saturated rings. The van der Waals surface area contributed by atoms with Gasteiger partial charge in [0.25, 0.3) is 0 Å². The molecule has 0 bridgehead atoms. The van der Waals surface area contributed by atoms with Gasteiger partial charge >= 0.3 is 0 Å². The second kappa shape index (κ2) is 7.17.